The fourth-order valence-electron chi connectivity index (χ4n) is 2.31. The first-order valence-electron chi connectivity index (χ1n) is 7.98. The van der Waals surface area contributed by atoms with Gasteiger partial charge >= 0.3 is 5.97 Å². The van der Waals surface area contributed by atoms with Gasteiger partial charge in [0.15, 0.2) is 12.4 Å². The number of carbonyl (C=O) groups is 3. The van der Waals surface area contributed by atoms with E-state index in [1.165, 1.54) is 24.3 Å². The Labute approximate surface area is 157 Å². The predicted octanol–water partition coefficient (Wildman–Crippen LogP) is 2.98. The molecule has 0 radical (unpaired) electrons. The molecular weight excluding hydrogens is 373 g/mol. The van der Waals surface area contributed by atoms with Crippen LogP contribution < -0.4 is 5.32 Å². The van der Waals surface area contributed by atoms with E-state index >= 15 is 0 Å². The normalized spacial score (nSPS) is 10.6. The molecule has 0 aliphatic rings. The number of fused-ring (bicyclic) bond motifs is 1. The summed E-state index contributed by atoms with van der Waals surface area (Å²) in [7, 11) is 0. The van der Waals surface area contributed by atoms with E-state index in [0.29, 0.717) is 22.3 Å². The highest BCUT2D eigenvalue weighted by Gasteiger charge is 2.13. The number of nitrogens with zero attached hydrogens (tertiary/aromatic N) is 2. The van der Waals surface area contributed by atoms with Crippen molar-refractivity contribution >= 4 is 46.1 Å². The molecule has 1 aromatic heterocycles. The van der Waals surface area contributed by atoms with Crippen molar-refractivity contribution in [3.05, 3.63) is 53.8 Å². The third-order valence-electron chi connectivity index (χ3n) is 3.65. The fourth-order valence-corrected chi connectivity index (χ4v) is 2.86. The van der Waals surface area contributed by atoms with Crippen molar-refractivity contribution in [1.29, 1.82) is 0 Å². The van der Waals surface area contributed by atoms with Gasteiger partial charge in [0, 0.05) is 12.0 Å². The number of hydrogen-bond acceptors (Lipinski definition) is 7. The largest absolute Gasteiger partial charge is 0.456 e. The summed E-state index contributed by atoms with van der Waals surface area (Å²) < 4.78 is 25.9. The van der Waals surface area contributed by atoms with Gasteiger partial charge in [-0.2, -0.15) is 8.75 Å². The van der Waals surface area contributed by atoms with Gasteiger partial charge in [-0.15, -0.1) is 0 Å². The molecule has 1 amide bonds. The van der Waals surface area contributed by atoms with E-state index in [-0.39, 0.29) is 18.6 Å². The van der Waals surface area contributed by atoms with Gasteiger partial charge in [-0.3, -0.25) is 14.4 Å². The SMILES string of the molecule is O=C(COC(=O)CCC(=O)c1ccc(F)cc1)Nc1cccc2nsnc12. The van der Waals surface area contributed by atoms with Crippen molar-refractivity contribution in [2.75, 3.05) is 11.9 Å². The number of ether oxygens (including phenoxy) is 1. The van der Waals surface area contributed by atoms with E-state index in [0.717, 1.165) is 11.7 Å². The molecule has 138 valence electrons. The second-order valence-corrected chi connectivity index (χ2v) is 6.10. The van der Waals surface area contributed by atoms with Gasteiger partial charge in [0.05, 0.1) is 23.8 Å². The van der Waals surface area contributed by atoms with Crippen molar-refractivity contribution in [3.63, 3.8) is 0 Å². The monoisotopic (exact) mass is 387 g/mol. The lowest BCUT2D eigenvalue weighted by molar-refractivity contribution is -0.147. The molecule has 2 aromatic carbocycles. The lowest BCUT2D eigenvalue weighted by Crippen LogP contribution is -2.21. The van der Waals surface area contributed by atoms with Gasteiger partial charge in [0.1, 0.15) is 16.9 Å². The number of halogens is 1. The number of carbonyl (C=O) groups excluding carboxylic acids is 3. The Balaban J connectivity index is 1.44. The van der Waals surface area contributed by atoms with Crippen molar-refractivity contribution in [2.24, 2.45) is 0 Å². The third kappa shape index (κ3) is 4.91. The molecule has 1 N–H and O–H groups in total. The van der Waals surface area contributed by atoms with Crippen LogP contribution in [0.4, 0.5) is 10.1 Å². The number of benzene rings is 2. The topological polar surface area (TPSA) is 98.2 Å². The van der Waals surface area contributed by atoms with Crippen LogP contribution in [0.2, 0.25) is 0 Å². The Morgan fingerprint density at radius 2 is 1.81 bits per heavy atom. The van der Waals surface area contributed by atoms with Gasteiger partial charge in [-0.25, -0.2) is 4.39 Å². The smallest absolute Gasteiger partial charge is 0.306 e. The van der Waals surface area contributed by atoms with Crippen LogP contribution in [0.25, 0.3) is 11.0 Å². The molecule has 0 bridgehead atoms. The van der Waals surface area contributed by atoms with E-state index in [1.54, 1.807) is 18.2 Å². The molecule has 0 spiro atoms. The second-order valence-electron chi connectivity index (χ2n) is 5.58. The highest BCUT2D eigenvalue weighted by Crippen LogP contribution is 2.20. The average Bonchev–Trinajstić information content (AvgIpc) is 3.15. The first-order valence-corrected chi connectivity index (χ1v) is 8.71. The fraction of sp³-hybridized carbons (Fsp3) is 0.167. The van der Waals surface area contributed by atoms with Crippen LogP contribution in [0.3, 0.4) is 0 Å². The minimum atomic E-state index is -0.672. The highest BCUT2D eigenvalue weighted by atomic mass is 32.1. The van der Waals surface area contributed by atoms with Crippen LogP contribution in [0.15, 0.2) is 42.5 Å². The molecule has 3 aromatic rings. The molecule has 0 atom stereocenters. The van der Waals surface area contributed by atoms with Gasteiger partial charge in [-0.1, -0.05) is 6.07 Å². The molecule has 0 saturated heterocycles. The van der Waals surface area contributed by atoms with Crippen LogP contribution in [0.5, 0.6) is 0 Å². The van der Waals surface area contributed by atoms with E-state index in [9.17, 15) is 18.8 Å². The zero-order valence-corrected chi connectivity index (χ0v) is 14.8. The summed E-state index contributed by atoms with van der Waals surface area (Å²) in [6.07, 6.45) is -0.259. The Bertz CT molecular complexity index is 988. The predicted molar refractivity (Wildman–Crippen MR) is 97.0 cm³/mol. The summed E-state index contributed by atoms with van der Waals surface area (Å²) in [5, 5.41) is 2.61. The van der Waals surface area contributed by atoms with Crippen LogP contribution in [-0.2, 0) is 14.3 Å². The molecule has 1 heterocycles. The van der Waals surface area contributed by atoms with Gasteiger partial charge in [0.25, 0.3) is 5.91 Å². The second kappa shape index (κ2) is 8.45. The maximum Gasteiger partial charge on any atom is 0.306 e. The number of amides is 1. The molecule has 0 aliphatic heterocycles. The summed E-state index contributed by atoms with van der Waals surface area (Å²) in [6.45, 7) is -0.475. The van der Waals surface area contributed by atoms with Gasteiger partial charge in [0.2, 0.25) is 0 Å². The quantitative estimate of drug-likeness (QED) is 0.494. The highest BCUT2D eigenvalue weighted by molar-refractivity contribution is 7.00. The Kier molecular flexibility index (Phi) is 5.82. The number of nitrogens with one attached hydrogen (secondary N) is 1. The first-order chi connectivity index (χ1) is 13.0. The number of hydrogen-bond donors (Lipinski definition) is 1. The van der Waals surface area contributed by atoms with Crippen molar-refractivity contribution in [3.8, 4) is 0 Å². The van der Waals surface area contributed by atoms with E-state index in [4.69, 9.17) is 4.74 Å². The molecule has 0 aliphatic carbocycles. The summed E-state index contributed by atoms with van der Waals surface area (Å²) in [5.74, 6) is -1.94. The van der Waals surface area contributed by atoms with E-state index in [1.807, 2.05) is 0 Å². The van der Waals surface area contributed by atoms with Crippen molar-refractivity contribution < 1.29 is 23.5 Å². The van der Waals surface area contributed by atoms with Gasteiger partial charge in [-0.05, 0) is 36.4 Å². The molecule has 0 fully saturated rings. The third-order valence-corrected chi connectivity index (χ3v) is 4.19. The zero-order valence-electron chi connectivity index (χ0n) is 14.0. The maximum absolute atomic E-state index is 12.8. The number of aromatic nitrogens is 2. The van der Waals surface area contributed by atoms with Crippen molar-refractivity contribution in [1.82, 2.24) is 8.75 Å². The van der Waals surface area contributed by atoms with E-state index in [2.05, 4.69) is 14.1 Å². The first kappa shape index (κ1) is 18.6. The zero-order chi connectivity index (χ0) is 19.2. The Morgan fingerprint density at radius 1 is 1.04 bits per heavy atom. The Morgan fingerprint density at radius 3 is 2.59 bits per heavy atom. The standard InChI is InChI=1S/C18H14FN3O4S/c19-12-6-4-11(5-7-12)15(23)8-9-17(25)26-10-16(24)20-13-2-1-3-14-18(13)22-27-21-14/h1-7H,8-10H2,(H,20,24). The summed E-state index contributed by atoms with van der Waals surface area (Å²) in [5.41, 5.74) is 2.02. The minimum absolute atomic E-state index is 0.0874. The van der Waals surface area contributed by atoms with Crippen LogP contribution in [0, 0.1) is 5.82 Å². The van der Waals surface area contributed by atoms with Crippen LogP contribution in [-0.4, -0.2) is 33.0 Å². The molecule has 27 heavy (non-hydrogen) atoms. The molecule has 3 rings (SSSR count). The van der Waals surface area contributed by atoms with Crippen molar-refractivity contribution in [2.45, 2.75) is 12.8 Å². The number of Topliss-reactive ketones (excluding diaryl/α,β-unsaturated/α-hetero) is 1. The number of anilines is 1. The molecule has 9 heteroatoms. The molecular formula is C18H14FN3O4S. The van der Waals surface area contributed by atoms with Crippen LogP contribution >= 0.6 is 11.7 Å². The number of rotatable bonds is 7. The summed E-state index contributed by atoms with van der Waals surface area (Å²) in [4.78, 5) is 35.6. The molecule has 0 unspecified atom stereocenters. The average molecular weight is 387 g/mol. The lowest BCUT2D eigenvalue weighted by atomic mass is 10.1. The van der Waals surface area contributed by atoms with Crippen LogP contribution in [0.1, 0.15) is 23.2 Å². The number of esters is 1. The Hall–Kier alpha value is -3.20. The maximum atomic E-state index is 12.8. The van der Waals surface area contributed by atoms with Gasteiger partial charge < -0.3 is 10.1 Å². The molecule has 0 saturated carbocycles. The lowest BCUT2D eigenvalue weighted by Gasteiger charge is -2.07. The molecule has 7 nitrogen and oxygen atoms in total. The minimum Gasteiger partial charge on any atom is -0.456 e. The summed E-state index contributed by atoms with van der Waals surface area (Å²) >= 11 is 1.03. The number of ketones is 1. The van der Waals surface area contributed by atoms with E-state index < -0.39 is 24.3 Å². The summed E-state index contributed by atoms with van der Waals surface area (Å²) in [6, 6.07) is 10.2.